The smallest absolute Gasteiger partial charge is 0.283 e. The maximum absolute atomic E-state index is 5.10. The first-order chi connectivity index (χ1) is 4.85. The predicted octanol–water partition coefficient (Wildman–Crippen LogP) is 2.45. The molecule has 0 saturated carbocycles. The molecule has 2 heteroatoms. The van der Waals surface area contributed by atoms with E-state index >= 15 is 0 Å². The summed E-state index contributed by atoms with van der Waals surface area (Å²) < 4.78 is 4.79. The largest absolute Gasteiger partial charge is 0.445 e. The number of rotatable bonds is 6. The zero-order valence-electron chi connectivity index (χ0n) is 7.10. The second-order valence-electron chi connectivity index (χ2n) is 2.69. The molecule has 0 heterocycles. The van der Waals surface area contributed by atoms with Crippen molar-refractivity contribution in [3.05, 3.63) is 0 Å². The summed E-state index contributed by atoms with van der Waals surface area (Å²) >= 11 is 0. The van der Waals surface area contributed by atoms with Crippen LogP contribution >= 0.6 is 0 Å². The van der Waals surface area contributed by atoms with Gasteiger partial charge < -0.3 is 4.65 Å². The van der Waals surface area contributed by atoms with Gasteiger partial charge in [0, 0.05) is 6.10 Å². The molecule has 0 fully saturated rings. The summed E-state index contributed by atoms with van der Waals surface area (Å²) in [5.41, 5.74) is 0. The van der Waals surface area contributed by atoms with Gasteiger partial charge in [0.25, 0.3) is 8.05 Å². The second kappa shape index (κ2) is 7.14. The topological polar surface area (TPSA) is 9.23 Å². The van der Waals surface area contributed by atoms with E-state index < -0.39 is 0 Å². The van der Waals surface area contributed by atoms with Crippen LogP contribution in [0.2, 0.25) is 0 Å². The van der Waals surface area contributed by atoms with E-state index in [0.29, 0.717) is 6.10 Å². The van der Waals surface area contributed by atoms with Gasteiger partial charge >= 0.3 is 0 Å². The highest BCUT2D eigenvalue weighted by Gasteiger charge is 2.02. The number of unbranched alkanes of at least 4 members (excludes halogenated alkanes) is 1. The third-order valence-electron chi connectivity index (χ3n) is 1.68. The molecule has 0 aromatic heterocycles. The maximum Gasteiger partial charge on any atom is 0.283 e. The second-order valence-corrected chi connectivity index (χ2v) is 2.69. The number of hydrogen-bond acceptors (Lipinski definition) is 1. The molecule has 0 aliphatic heterocycles. The fourth-order valence-electron chi connectivity index (χ4n) is 1.03. The van der Waals surface area contributed by atoms with Crippen molar-refractivity contribution in [3.8, 4) is 0 Å². The first-order valence-corrected chi connectivity index (χ1v) is 4.20. The van der Waals surface area contributed by atoms with Crippen LogP contribution in [0.4, 0.5) is 0 Å². The Morgan fingerprint density at radius 3 is 2.30 bits per heavy atom. The Bertz CT molecular complexity index is 66.3. The van der Waals surface area contributed by atoms with E-state index in [1.807, 2.05) is 0 Å². The first-order valence-electron chi connectivity index (χ1n) is 4.20. The zero-order chi connectivity index (χ0) is 7.82. The summed E-state index contributed by atoms with van der Waals surface area (Å²) in [6.45, 7) is 4.33. The Morgan fingerprint density at radius 1 is 1.20 bits per heavy atom. The van der Waals surface area contributed by atoms with Crippen LogP contribution in [0.15, 0.2) is 0 Å². The van der Waals surface area contributed by atoms with E-state index in [1.54, 1.807) is 0 Å². The fourth-order valence-corrected chi connectivity index (χ4v) is 1.03. The minimum Gasteiger partial charge on any atom is -0.445 e. The lowest BCUT2D eigenvalue weighted by atomic mass is 10.1. The lowest BCUT2D eigenvalue weighted by molar-refractivity contribution is 0.194. The van der Waals surface area contributed by atoms with Gasteiger partial charge in [-0.1, -0.05) is 33.1 Å². The van der Waals surface area contributed by atoms with Crippen LogP contribution < -0.4 is 0 Å². The molecule has 0 aromatic carbocycles. The van der Waals surface area contributed by atoms with Crippen molar-refractivity contribution in [2.75, 3.05) is 0 Å². The van der Waals surface area contributed by atoms with Crippen LogP contribution in [0.5, 0.6) is 0 Å². The third-order valence-corrected chi connectivity index (χ3v) is 1.68. The molecule has 0 N–H and O–H groups in total. The molecular formula is C8H17BO. The highest BCUT2D eigenvalue weighted by Crippen LogP contribution is 2.08. The highest BCUT2D eigenvalue weighted by molar-refractivity contribution is 5.98. The molecule has 0 spiro atoms. The Labute approximate surface area is 65.6 Å². The lowest BCUT2D eigenvalue weighted by Gasteiger charge is -2.13. The predicted molar refractivity (Wildman–Crippen MR) is 45.1 cm³/mol. The van der Waals surface area contributed by atoms with E-state index in [9.17, 15) is 0 Å². The van der Waals surface area contributed by atoms with Gasteiger partial charge in [0.1, 0.15) is 0 Å². The van der Waals surface area contributed by atoms with E-state index in [4.69, 9.17) is 12.7 Å². The summed E-state index contributed by atoms with van der Waals surface area (Å²) in [5.74, 6) is 0. The van der Waals surface area contributed by atoms with E-state index in [0.717, 1.165) is 19.3 Å². The summed E-state index contributed by atoms with van der Waals surface area (Å²) in [5, 5.41) is 0. The van der Waals surface area contributed by atoms with E-state index in [2.05, 4.69) is 13.8 Å². The fraction of sp³-hybridized carbons (Fsp3) is 1.00. The van der Waals surface area contributed by atoms with Crippen LogP contribution in [0.3, 0.4) is 0 Å². The summed E-state index contributed by atoms with van der Waals surface area (Å²) in [6, 6.07) is 0. The van der Waals surface area contributed by atoms with Crippen molar-refractivity contribution in [1.82, 2.24) is 0 Å². The third kappa shape index (κ3) is 4.86. The molecule has 1 unspecified atom stereocenters. The SMILES string of the molecule is [B]OC(CCC)CCCC. The van der Waals surface area contributed by atoms with E-state index in [1.165, 1.54) is 12.8 Å². The minimum atomic E-state index is 0.296. The van der Waals surface area contributed by atoms with Crippen LogP contribution in [-0.4, -0.2) is 14.2 Å². The zero-order valence-corrected chi connectivity index (χ0v) is 7.10. The minimum absolute atomic E-state index is 0.296. The van der Waals surface area contributed by atoms with Crippen molar-refractivity contribution in [2.45, 2.75) is 52.1 Å². The van der Waals surface area contributed by atoms with Crippen molar-refractivity contribution in [2.24, 2.45) is 0 Å². The molecule has 10 heavy (non-hydrogen) atoms. The quantitative estimate of drug-likeness (QED) is 0.515. The van der Waals surface area contributed by atoms with Gasteiger partial charge in [0.15, 0.2) is 0 Å². The molecule has 58 valence electrons. The standard InChI is InChI=1S/C8H17BO/c1-3-5-7-8(10-9)6-4-2/h8H,3-7H2,1-2H3. The molecule has 0 bridgehead atoms. The summed E-state index contributed by atoms with van der Waals surface area (Å²) in [7, 11) is 5.10. The number of hydrogen-bond donors (Lipinski definition) is 0. The summed E-state index contributed by atoms with van der Waals surface area (Å²) in [6.07, 6.45) is 6.11. The van der Waals surface area contributed by atoms with Crippen LogP contribution in [0, 0.1) is 0 Å². The normalized spacial score (nSPS) is 13.4. The maximum atomic E-state index is 5.10. The van der Waals surface area contributed by atoms with E-state index in [-0.39, 0.29) is 0 Å². The molecular weight excluding hydrogens is 123 g/mol. The average Bonchev–Trinajstić information content (AvgIpc) is 1.98. The lowest BCUT2D eigenvalue weighted by Crippen LogP contribution is -2.10. The molecule has 0 aliphatic rings. The van der Waals surface area contributed by atoms with Gasteiger partial charge in [-0.25, -0.2) is 0 Å². The van der Waals surface area contributed by atoms with Gasteiger partial charge in [-0.2, -0.15) is 0 Å². The van der Waals surface area contributed by atoms with Crippen molar-refractivity contribution in [3.63, 3.8) is 0 Å². The average molecular weight is 140 g/mol. The van der Waals surface area contributed by atoms with Crippen molar-refractivity contribution >= 4 is 8.05 Å². The molecule has 2 radical (unpaired) electrons. The van der Waals surface area contributed by atoms with Gasteiger partial charge in [-0.15, -0.1) is 0 Å². The van der Waals surface area contributed by atoms with Crippen molar-refractivity contribution in [1.29, 1.82) is 0 Å². The Morgan fingerprint density at radius 2 is 1.90 bits per heavy atom. The van der Waals surface area contributed by atoms with Gasteiger partial charge in [-0.3, -0.25) is 0 Å². The van der Waals surface area contributed by atoms with Crippen molar-refractivity contribution < 1.29 is 4.65 Å². The van der Waals surface area contributed by atoms with Gasteiger partial charge in [0.05, 0.1) is 0 Å². The first kappa shape index (κ1) is 10.0. The Hall–Kier alpha value is 0.0249. The van der Waals surface area contributed by atoms with Gasteiger partial charge in [-0.05, 0) is 12.8 Å². The molecule has 1 atom stereocenters. The van der Waals surface area contributed by atoms with Crippen LogP contribution in [-0.2, 0) is 4.65 Å². The van der Waals surface area contributed by atoms with Gasteiger partial charge in [0.2, 0.25) is 0 Å². The molecule has 0 saturated heterocycles. The molecule has 0 aromatic rings. The molecule has 0 aliphatic carbocycles. The Kier molecular flexibility index (Phi) is 7.15. The molecule has 0 amide bonds. The Balaban J connectivity index is 3.21. The molecule has 0 rings (SSSR count). The van der Waals surface area contributed by atoms with Crippen LogP contribution in [0.25, 0.3) is 0 Å². The van der Waals surface area contributed by atoms with Crippen LogP contribution in [0.1, 0.15) is 46.0 Å². The highest BCUT2D eigenvalue weighted by atomic mass is 16.4. The molecule has 1 nitrogen and oxygen atoms in total. The monoisotopic (exact) mass is 140 g/mol. The summed E-state index contributed by atoms with van der Waals surface area (Å²) in [4.78, 5) is 0.